The van der Waals surface area contributed by atoms with Gasteiger partial charge in [-0.1, -0.05) is 0 Å². The van der Waals surface area contributed by atoms with E-state index in [9.17, 15) is 0 Å². The standard InChI is InChI=1S/C19H29N9O2/c1-5-30-11-9-28-17-16(14(26-28)12-20-8-10-29-4)24-19(27(2)3)25-18(17)23-15-6-7-21-13-22-15/h6-7,13,20H,5,8-12H2,1-4H3,(H,21,22,23,24,25). The van der Waals surface area contributed by atoms with Crippen LogP contribution >= 0.6 is 0 Å². The van der Waals surface area contributed by atoms with Crippen molar-refractivity contribution in [2.24, 2.45) is 0 Å². The molecule has 2 N–H and O–H groups in total. The van der Waals surface area contributed by atoms with Crippen molar-refractivity contribution >= 4 is 28.6 Å². The van der Waals surface area contributed by atoms with E-state index >= 15 is 0 Å². The summed E-state index contributed by atoms with van der Waals surface area (Å²) in [6.07, 6.45) is 3.17. The number of hydrogen-bond acceptors (Lipinski definition) is 10. The smallest absolute Gasteiger partial charge is 0.227 e. The van der Waals surface area contributed by atoms with Crippen molar-refractivity contribution in [1.29, 1.82) is 0 Å². The van der Waals surface area contributed by atoms with Crippen LogP contribution in [0.5, 0.6) is 0 Å². The minimum Gasteiger partial charge on any atom is -0.383 e. The van der Waals surface area contributed by atoms with Crippen molar-refractivity contribution < 1.29 is 9.47 Å². The number of nitrogens with one attached hydrogen (secondary N) is 2. The number of nitrogens with zero attached hydrogens (tertiary/aromatic N) is 7. The Balaban J connectivity index is 2.04. The molecule has 0 fully saturated rings. The van der Waals surface area contributed by atoms with Gasteiger partial charge < -0.3 is 25.0 Å². The summed E-state index contributed by atoms with van der Waals surface area (Å²) >= 11 is 0. The summed E-state index contributed by atoms with van der Waals surface area (Å²) in [4.78, 5) is 19.6. The zero-order valence-electron chi connectivity index (χ0n) is 17.9. The van der Waals surface area contributed by atoms with Gasteiger partial charge in [0.15, 0.2) is 5.82 Å². The largest absolute Gasteiger partial charge is 0.383 e. The first kappa shape index (κ1) is 21.8. The molecule has 11 heteroatoms. The van der Waals surface area contributed by atoms with Gasteiger partial charge in [-0.25, -0.2) is 15.0 Å². The summed E-state index contributed by atoms with van der Waals surface area (Å²) < 4.78 is 12.6. The number of ether oxygens (including phenoxy) is 2. The Labute approximate surface area is 175 Å². The molecule has 0 aliphatic rings. The third kappa shape index (κ3) is 5.38. The van der Waals surface area contributed by atoms with Crippen molar-refractivity contribution in [3.8, 4) is 0 Å². The van der Waals surface area contributed by atoms with Crippen LogP contribution in [0.15, 0.2) is 18.6 Å². The van der Waals surface area contributed by atoms with E-state index in [1.54, 1.807) is 19.4 Å². The predicted octanol–water partition coefficient (Wildman–Crippen LogP) is 1.20. The van der Waals surface area contributed by atoms with Crippen molar-refractivity contribution in [3.63, 3.8) is 0 Å². The molecule has 3 heterocycles. The Bertz CT molecular complexity index is 931. The quantitative estimate of drug-likeness (QED) is 0.418. The van der Waals surface area contributed by atoms with Crippen LogP contribution in [0.3, 0.4) is 0 Å². The minimum absolute atomic E-state index is 0.548. The Hall–Kier alpha value is -2.89. The summed E-state index contributed by atoms with van der Waals surface area (Å²) in [6, 6.07) is 1.79. The molecule has 11 nitrogen and oxygen atoms in total. The lowest BCUT2D eigenvalue weighted by Gasteiger charge is -2.14. The second-order valence-corrected chi connectivity index (χ2v) is 6.72. The Morgan fingerprint density at radius 2 is 2.07 bits per heavy atom. The third-order valence-electron chi connectivity index (χ3n) is 4.30. The molecule has 0 aliphatic heterocycles. The molecule has 3 aromatic rings. The fraction of sp³-hybridized carbons (Fsp3) is 0.526. The van der Waals surface area contributed by atoms with E-state index in [0.29, 0.717) is 50.5 Å². The maximum absolute atomic E-state index is 5.55. The van der Waals surface area contributed by atoms with Crippen LogP contribution < -0.4 is 15.5 Å². The second-order valence-electron chi connectivity index (χ2n) is 6.72. The zero-order chi connectivity index (χ0) is 21.3. The molecule has 0 radical (unpaired) electrons. The van der Waals surface area contributed by atoms with E-state index in [-0.39, 0.29) is 0 Å². The highest BCUT2D eigenvalue weighted by molar-refractivity contribution is 5.90. The first-order valence-corrected chi connectivity index (χ1v) is 9.89. The van der Waals surface area contributed by atoms with Gasteiger partial charge in [0, 0.05) is 47.1 Å². The van der Waals surface area contributed by atoms with Gasteiger partial charge in [0.2, 0.25) is 5.95 Å². The van der Waals surface area contributed by atoms with E-state index < -0.39 is 0 Å². The highest BCUT2D eigenvalue weighted by atomic mass is 16.5. The van der Waals surface area contributed by atoms with Crippen molar-refractivity contribution in [1.82, 2.24) is 35.0 Å². The summed E-state index contributed by atoms with van der Waals surface area (Å²) in [5.74, 6) is 1.86. The molecule has 0 atom stereocenters. The number of methoxy groups -OCH3 is 1. The molecule has 0 saturated heterocycles. The fourth-order valence-electron chi connectivity index (χ4n) is 2.86. The summed E-state index contributed by atoms with van der Waals surface area (Å²) in [7, 11) is 5.50. The van der Waals surface area contributed by atoms with Crippen LogP contribution in [-0.4, -0.2) is 77.3 Å². The van der Waals surface area contributed by atoms with Gasteiger partial charge in [-0.05, 0) is 13.0 Å². The SMILES string of the molecule is CCOCCn1nc(CNCCOC)c2nc(N(C)C)nc(Nc3ccncn3)c21. The molecule has 30 heavy (non-hydrogen) atoms. The molecule has 0 aromatic carbocycles. The van der Waals surface area contributed by atoms with E-state index in [1.807, 2.05) is 30.6 Å². The van der Waals surface area contributed by atoms with Crippen molar-refractivity contribution in [2.75, 3.05) is 57.8 Å². The van der Waals surface area contributed by atoms with Gasteiger partial charge >= 0.3 is 0 Å². The second kappa shape index (κ2) is 10.8. The van der Waals surface area contributed by atoms with E-state index in [2.05, 4.69) is 20.6 Å². The van der Waals surface area contributed by atoms with E-state index in [0.717, 1.165) is 23.3 Å². The first-order valence-electron chi connectivity index (χ1n) is 9.89. The number of rotatable bonds is 12. The minimum atomic E-state index is 0.548. The van der Waals surface area contributed by atoms with Crippen LogP contribution in [-0.2, 0) is 22.6 Å². The van der Waals surface area contributed by atoms with Crippen LogP contribution in [0, 0.1) is 0 Å². The van der Waals surface area contributed by atoms with Gasteiger partial charge in [-0.2, -0.15) is 10.1 Å². The first-order chi connectivity index (χ1) is 14.6. The maximum atomic E-state index is 5.55. The van der Waals surface area contributed by atoms with Gasteiger partial charge in [0.25, 0.3) is 0 Å². The lowest BCUT2D eigenvalue weighted by molar-refractivity contribution is 0.137. The Morgan fingerprint density at radius 1 is 1.20 bits per heavy atom. The van der Waals surface area contributed by atoms with E-state index in [4.69, 9.17) is 24.5 Å². The lowest BCUT2D eigenvalue weighted by Crippen LogP contribution is -2.19. The van der Waals surface area contributed by atoms with Crippen molar-refractivity contribution in [3.05, 3.63) is 24.3 Å². The van der Waals surface area contributed by atoms with Gasteiger partial charge in [-0.3, -0.25) is 4.68 Å². The van der Waals surface area contributed by atoms with Gasteiger partial charge in [-0.15, -0.1) is 0 Å². The van der Waals surface area contributed by atoms with Crippen LogP contribution in [0.2, 0.25) is 0 Å². The topological polar surface area (TPSA) is 115 Å². The molecule has 3 aromatic heterocycles. The molecule has 0 bridgehead atoms. The normalized spacial score (nSPS) is 11.2. The number of aromatic nitrogens is 6. The maximum Gasteiger partial charge on any atom is 0.227 e. The van der Waals surface area contributed by atoms with Crippen molar-refractivity contribution in [2.45, 2.75) is 20.0 Å². The summed E-state index contributed by atoms with van der Waals surface area (Å²) in [6.45, 7) is 5.68. The number of hydrogen-bond donors (Lipinski definition) is 2. The average molecular weight is 416 g/mol. The van der Waals surface area contributed by atoms with Crippen LogP contribution in [0.25, 0.3) is 11.0 Å². The highest BCUT2D eigenvalue weighted by Gasteiger charge is 2.20. The Kier molecular flexibility index (Phi) is 7.82. The van der Waals surface area contributed by atoms with E-state index in [1.165, 1.54) is 6.33 Å². The fourth-order valence-corrected chi connectivity index (χ4v) is 2.86. The monoisotopic (exact) mass is 415 g/mol. The van der Waals surface area contributed by atoms with Gasteiger partial charge in [0.1, 0.15) is 28.9 Å². The number of fused-ring (bicyclic) bond motifs is 1. The summed E-state index contributed by atoms with van der Waals surface area (Å²) in [5, 5.41) is 11.4. The van der Waals surface area contributed by atoms with Gasteiger partial charge in [0.05, 0.1) is 19.8 Å². The predicted molar refractivity (Wildman–Crippen MR) is 115 cm³/mol. The molecule has 0 amide bonds. The molecule has 162 valence electrons. The number of anilines is 3. The molecular weight excluding hydrogens is 386 g/mol. The molecule has 0 unspecified atom stereocenters. The molecular formula is C19H29N9O2. The zero-order valence-corrected chi connectivity index (χ0v) is 17.9. The lowest BCUT2D eigenvalue weighted by atomic mass is 10.3. The summed E-state index contributed by atoms with van der Waals surface area (Å²) in [5.41, 5.74) is 2.43. The Morgan fingerprint density at radius 3 is 2.77 bits per heavy atom. The van der Waals surface area contributed by atoms with Crippen LogP contribution in [0.4, 0.5) is 17.6 Å². The molecule has 0 aliphatic carbocycles. The molecule has 0 saturated carbocycles. The average Bonchev–Trinajstić information content (AvgIpc) is 3.10. The molecule has 3 rings (SSSR count). The molecule has 0 spiro atoms. The highest BCUT2D eigenvalue weighted by Crippen LogP contribution is 2.28. The van der Waals surface area contributed by atoms with Crippen LogP contribution in [0.1, 0.15) is 12.6 Å². The third-order valence-corrected chi connectivity index (χ3v) is 4.30.